The molecule has 6 N–H and O–H groups in total. The average Bonchev–Trinajstić information content (AvgIpc) is 3.82. The molecule has 6 rings (SSSR count). The number of carbonyl (C=O) groups is 4. The highest BCUT2D eigenvalue weighted by atomic mass is 16.6. The van der Waals surface area contributed by atoms with Crippen molar-refractivity contribution in [1.29, 1.82) is 10.5 Å². The summed E-state index contributed by atoms with van der Waals surface area (Å²) in [6, 6.07) is 22.5. The van der Waals surface area contributed by atoms with E-state index in [2.05, 4.69) is 33.0 Å². The normalized spacial score (nSPS) is 21.5. The fourth-order valence-electron chi connectivity index (χ4n) is 7.36. The van der Waals surface area contributed by atoms with Gasteiger partial charge in [-0.2, -0.15) is 20.7 Å². The van der Waals surface area contributed by atoms with Gasteiger partial charge in [0.15, 0.2) is 11.6 Å². The number of anilines is 4. The van der Waals surface area contributed by atoms with Crippen LogP contribution in [0.4, 0.5) is 23.0 Å². The van der Waals surface area contributed by atoms with Crippen LogP contribution >= 0.6 is 0 Å². The summed E-state index contributed by atoms with van der Waals surface area (Å²) in [7, 11) is 0. The third kappa shape index (κ3) is 11.7. The van der Waals surface area contributed by atoms with Gasteiger partial charge >= 0.3 is 11.9 Å². The topological polar surface area (TPSA) is 246 Å². The summed E-state index contributed by atoms with van der Waals surface area (Å²) in [5.74, 6) is -2.43. The van der Waals surface area contributed by atoms with Crippen LogP contribution in [-0.4, -0.2) is 54.5 Å². The summed E-state index contributed by atoms with van der Waals surface area (Å²) >= 11 is 0. The molecule has 0 aliphatic heterocycles. The van der Waals surface area contributed by atoms with Crippen LogP contribution < -0.4 is 22.1 Å². The number of nitriles is 2. The lowest BCUT2D eigenvalue weighted by molar-refractivity contribution is -0.163. The minimum atomic E-state index is -0.618. The van der Waals surface area contributed by atoms with E-state index in [0.29, 0.717) is 50.2 Å². The zero-order valence-corrected chi connectivity index (χ0v) is 34.9. The third-order valence-corrected chi connectivity index (χ3v) is 10.2. The number of carbonyl (C=O) groups excluding carboxylic acids is 4. The molecule has 316 valence electrons. The van der Waals surface area contributed by atoms with Crippen LogP contribution in [0.3, 0.4) is 0 Å². The maximum Gasteiger partial charge on any atom is 0.309 e. The van der Waals surface area contributed by atoms with Crippen molar-refractivity contribution in [2.45, 2.75) is 103 Å². The number of ether oxygens (including phenoxy) is 2. The third-order valence-electron chi connectivity index (χ3n) is 10.2. The number of hydrogen-bond donors (Lipinski definition) is 4. The van der Waals surface area contributed by atoms with Gasteiger partial charge < -0.3 is 31.6 Å². The molecule has 0 bridgehead atoms. The van der Waals surface area contributed by atoms with Gasteiger partial charge in [0, 0.05) is 23.8 Å². The Kier molecular flexibility index (Phi) is 14.0. The van der Waals surface area contributed by atoms with E-state index >= 15 is 0 Å². The number of nitrogens with one attached hydrogen (secondary N) is 2. The molecular formula is C44H54N10O6. The Bertz CT molecular complexity index is 2070. The van der Waals surface area contributed by atoms with Gasteiger partial charge in [0.25, 0.3) is 11.8 Å². The van der Waals surface area contributed by atoms with Crippen molar-refractivity contribution < 1.29 is 28.7 Å². The maximum atomic E-state index is 12.6. The first-order valence-electron chi connectivity index (χ1n) is 20.0. The minimum absolute atomic E-state index is 0.231. The lowest BCUT2D eigenvalue weighted by Gasteiger charge is -2.33. The zero-order valence-electron chi connectivity index (χ0n) is 34.9. The van der Waals surface area contributed by atoms with E-state index in [4.69, 9.17) is 20.9 Å². The van der Waals surface area contributed by atoms with Crippen molar-refractivity contribution in [2.24, 2.45) is 35.1 Å². The number of benzene rings is 2. The van der Waals surface area contributed by atoms with Gasteiger partial charge in [0.05, 0.1) is 47.9 Å². The van der Waals surface area contributed by atoms with Crippen molar-refractivity contribution in [3.63, 3.8) is 0 Å². The molecule has 4 unspecified atom stereocenters. The van der Waals surface area contributed by atoms with Gasteiger partial charge in [-0.05, 0) is 104 Å². The van der Waals surface area contributed by atoms with Crippen molar-refractivity contribution in [3.05, 3.63) is 84.2 Å². The molecule has 2 saturated carbocycles. The highest BCUT2D eigenvalue weighted by molar-refractivity contribution is 5.98. The van der Waals surface area contributed by atoms with Gasteiger partial charge in [-0.3, -0.25) is 28.5 Å². The molecule has 6 atom stereocenters. The predicted octanol–water partition coefficient (Wildman–Crippen LogP) is 7.10. The number of primary amides is 2. The maximum absolute atomic E-state index is 12.6. The van der Waals surface area contributed by atoms with E-state index in [0.717, 1.165) is 11.4 Å². The van der Waals surface area contributed by atoms with E-state index < -0.39 is 23.0 Å². The Morgan fingerprint density at radius 3 is 1.28 bits per heavy atom. The Morgan fingerprint density at radius 1 is 0.633 bits per heavy atom. The Hall–Kier alpha value is -6.68. The quantitative estimate of drug-likeness (QED) is 0.117. The van der Waals surface area contributed by atoms with Crippen molar-refractivity contribution >= 4 is 46.8 Å². The van der Waals surface area contributed by atoms with Crippen molar-refractivity contribution in [1.82, 2.24) is 19.6 Å². The molecule has 0 radical (unpaired) electrons. The first kappa shape index (κ1) is 44.4. The van der Waals surface area contributed by atoms with E-state index in [1.807, 2.05) is 102 Å². The van der Waals surface area contributed by atoms with E-state index in [9.17, 15) is 29.7 Å². The van der Waals surface area contributed by atoms with Crippen LogP contribution in [0.2, 0.25) is 0 Å². The summed E-state index contributed by atoms with van der Waals surface area (Å²) < 4.78 is 14.3. The molecule has 2 aromatic carbocycles. The van der Waals surface area contributed by atoms with Crippen LogP contribution in [0.5, 0.6) is 0 Å². The van der Waals surface area contributed by atoms with E-state index in [1.54, 1.807) is 21.8 Å². The molecule has 16 heteroatoms. The molecule has 2 fully saturated rings. The molecule has 0 spiro atoms. The molecular weight excluding hydrogens is 765 g/mol. The van der Waals surface area contributed by atoms with E-state index in [-0.39, 0.29) is 58.8 Å². The first-order valence-corrected chi connectivity index (χ1v) is 20.0. The van der Waals surface area contributed by atoms with Gasteiger partial charge in [0.1, 0.15) is 22.3 Å². The van der Waals surface area contributed by atoms with Crippen LogP contribution in [0.15, 0.2) is 73.1 Å². The highest BCUT2D eigenvalue weighted by Crippen LogP contribution is 2.40. The summed E-state index contributed by atoms with van der Waals surface area (Å²) in [5.41, 5.74) is 11.9. The standard InChI is InChI=1S/2C22H27N5O3/c2*1-22(2,3)30-21(29)14-9-10-15(12-23)18(11-14)27-13-17(19(24)28)20(26-27)25-16-7-5-4-6-8-16/h2*4-8,13-15,18H,9-11H2,1-3H3,(H2,24,28)(H,25,26)/t2*14?,15-,18?/m10/s1. The van der Waals surface area contributed by atoms with Crippen LogP contribution in [-0.2, 0) is 19.1 Å². The SMILES string of the molecule is CC(C)(C)OC(=O)C1CC[C@@H](C#N)C(n2cc(C(N)=O)c(Nc3ccccc3)n2)C1.CC(C)(C)OC(=O)C1CC[C@H](C#N)C(n2cc(C(N)=O)c(Nc3ccccc3)n2)C1. The summed E-state index contributed by atoms with van der Waals surface area (Å²) in [4.78, 5) is 49.1. The zero-order chi connectivity index (χ0) is 43.8. The highest BCUT2D eigenvalue weighted by Gasteiger charge is 2.39. The second kappa shape index (κ2) is 18.9. The summed E-state index contributed by atoms with van der Waals surface area (Å²) in [5, 5.41) is 34.5. The second-order valence-electron chi connectivity index (χ2n) is 17.1. The fraction of sp³-hybridized carbons (Fsp3) is 0.455. The van der Waals surface area contributed by atoms with Crippen LogP contribution in [0, 0.1) is 46.3 Å². The van der Waals surface area contributed by atoms with Crippen LogP contribution in [0.1, 0.15) is 113 Å². The number of hydrogen-bond acceptors (Lipinski definition) is 12. The number of nitrogens with two attached hydrogens (primary N) is 2. The molecule has 4 aromatic rings. The Balaban J connectivity index is 0.000000228. The minimum Gasteiger partial charge on any atom is -0.460 e. The average molecular weight is 819 g/mol. The van der Waals surface area contributed by atoms with Gasteiger partial charge in [-0.25, -0.2) is 0 Å². The Morgan fingerprint density at radius 2 is 0.983 bits per heavy atom. The first-order chi connectivity index (χ1) is 28.3. The molecule has 2 aliphatic rings. The molecule has 16 nitrogen and oxygen atoms in total. The number of aromatic nitrogens is 4. The lowest BCUT2D eigenvalue weighted by atomic mass is 9.79. The van der Waals surface area contributed by atoms with Crippen LogP contribution in [0.25, 0.3) is 0 Å². The summed E-state index contributed by atoms with van der Waals surface area (Å²) in [6.07, 6.45) is 6.22. The number of esters is 2. The van der Waals surface area contributed by atoms with Gasteiger partial charge in [-0.1, -0.05) is 36.4 Å². The number of amides is 2. The fourth-order valence-corrected chi connectivity index (χ4v) is 7.36. The number of rotatable bonds is 10. The lowest BCUT2D eigenvalue weighted by Crippen LogP contribution is -2.35. The molecule has 2 amide bonds. The van der Waals surface area contributed by atoms with Gasteiger partial charge in [-0.15, -0.1) is 0 Å². The molecule has 0 saturated heterocycles. The number of para-hydroxylation sites is 2. The number of nitrogens with zero attached hydrogens (tertiary/aromatic N) is 6. The van der Waals surface area contributed by atoms with E-state index in [1.165, 1.54) is 0 Å². The molecule has 2 heterocycles. The van der Waals surface area contributed by atoms with Crippen molar-refractivity contribution in [3.8, 4) is 12.1 Å². The van der Waals surface area contributed by atoms with Crippen molar-refractivity contribution in [2.75, 3.05) is 10.6 Å². The Labute approximate surface area is 350 Å². The summed E-state index contributed by atoms with van der Waals surface area (Å²) in [6.45, 7) is 11.0. The van der Waals surface area contributed by atoms with Gasteiger partial charge in [0.2, 0.25) is 0 Å². The predicted molar refractivity (Wildman–Crippen MR) is 224 cm³/mol. The monoisotopic (exact) mass is 818 g/mol. The molecule has 2 aliphatic carbocycles. The smallest absolute Gasteiger partial charge is 0.309 e. The second-order valence-corrected chi connectivity index (χ2v) is 17.1. The molecule has 60 heavy (non-hydrogen) atoms. The largest absolute Gasteiger partial charge is 0.460 e. The molecule has 2 aromatic heterocycles.